The molecular weight excluding hydrogens is 486 g/mol. The van der Waals surface area contributed by atoms with Gasteiger partial charge in [0, 0.05) is 18.4 Å². The lowest BCUT2D eigenvalue weighted by molar-refractivity contribution is -0.140. The molecule has 0 radical (unpaired) electrons. The molecule has 3 aromatic rings. The van der Waals surface area contributed by atoms with Crippen LogP contribution in [0.15, 0.2) is 72.8 Å². The first kappa shape index (κ1) is 25.0. The molecule has 0 spiro atoms. The zero-order valence-corrected chi connectivity index (χ0v) is 20.5. The molecule has 5 rings (SSSR count). The van der Waals surface area contributed by atoms with E-state index in [0.717, 1.165) is 11.1 Å². The molecular formula is C29H27N3O6. The summed E-state index contributed by atoms with van der Waals surface area (Å²) in [5, 5.41) is 25.0. The predicted molar refractivity (Wildman–Crippen MR) is 139 cm³/mol. The first-order valence-electron chi connectivity index (χ1n) is 12.4. The molecule has 0 bridgehead atoms. The summed E-state index contributed by atoms with van der Waals surface area (Å²) in [6, 6.07) is 17.3. The number of carbonyl (C=O) groups is 4. The fourth-order valence-corrected chi connectivity index (χ4v) is 5.14. The van der Waals surface area contributed by atoms with E-state index < -0.39 is 41.8 Å². The molecule has 0 saturated carbocycles. The monoisotopic (exact) mass is 513 g/mol. The highest BCUT2D eigenvalue weighted by molar-refractivity contribution is 6.07. The van der Waals surface area contributed by atoms with E-state index in [0.29, 0.717) is 29.7 Å². The molecule has 3 aromatic carbocycles. The van der Waals surface area contributed by atoms with Crippen LogP contribution in [0.5, 0.6) is 5.75 Å². The minimum atomic E-state index is -1.10. The van der Waals surface area contributed by atoms with Crippen LogP contribution in [0.3, 0.4) is 0 Å². The third kappa shape index (κ3) is 4.95. The zero-order valence-electron chi connectivity index (χ0n) is 20.5. The van der Waals surface area contributed by atoms with E-state index in [1.165, 1.54) is 17.0 Å². The number of aryl methyl sites for hydroxylation is 1. The number of para-hydroxylation sites is 1. The Balaban J connectivity index is 1.39. The van der Waals surface area contributed by atoms with E-state index >= 15 is 0 Å². The molecule has 3 atom stereocenters. The molecule has 0 aromatic heterocycles. The summed E-state index contributed by atoms with van der Waals surface area (Å²) < 4.78 is 0. The maximum atomic E-state index is 13.6. The van der Waals surface area contributed by atoms with Crippen molar-refractivity contribution in [2.75, 3.05) is 4.90 Å². The van der Waals surface area contributed by atoms with Gasteiger partial charge in [-0.2, -0.15) is 0 Å². The van der Waals surface area contributed by atoms with E-state index in [1.54, 1.807) is 42.5 Å². The fourth-order valence-electron chi connectivity index (χ4n) is 5.14. The summed E-state index contributed by atoms with van der Waals surface area (Å²) in [6.45, 7) is 0. The Hall–Kier alpha value is -4.66. The number of aliphatic carboxylic acids is 1. The molecule has 0 fully saturated rings. The number of nitrogens with one attached hydrogen (secondary N) is 2. The number of amides is 3. The van der Waals surface area contributed by atoms with Gasteiger partial charge in [0.15, 0.2) is 0 Å². The van der Waals surface area contributed by atoms with Gasteiger partial charge in [0.2, 0.25) is 11.8 Å². The van der Waals surface area contributed by atoms with Crippen LogP contribution >= 0.6 is 0 Å². The maximum Gasteiger partial charge on any atom is 0.327 e. The first-order chi connectivity index (χ1) is 18.3. The average molecular weight is 514 g/mol. The van der Waals surface area contributed by atoms with Gasteiger partial charge in [-0.3, -0.25) is 19.3 Å². The highest BCUT2D eigenvalue weighted by atomic mass is 16.4. The predicted octanol–water partition coefficient (Wildman–Crippen LogP) is 2.21. The Bertz CT molecular complexity index is 1390. The van der Waals surface area contributed by atoms with Crippen molar-refractivity contribution < 1.29 is 29.4 Å². The van der Waals surface area contributed by atoms with Gasteiger partial charge in [-0.15, -0.1) is 0 Å². The van der Waals surface area contributed by atoms with Gasteiger partial charge in [-0.1, -0.05) is 48.5 Å². The molecule has 3 amide bonds. The lowest BCUT2D eigenvalue weighted by atomic mass is 10.0. The lowest BCUT2D eigenvalue weighted by Crippen LogP contribution is -2.56. The Morgan fingerprint density at radius 1 is 0.947 bits per heavy atom. The van der Waals surface area contributed by atoms with Crippen LogP contribution in [0, 0.1) is 0 Å². The smallest absolute Gasteiger partial charge is 0.327 e. The second-order valence-corrected chi connectivity index (χ2v) is 9.55. The molecule has 0 aliphatic carbocycles. The molecule has 9 nitrogen and oxygen atoms in total. The molecule has 9 heteroatoms. The number of rotatable bonds is 7. The summed E-state index contributed by atoms with van der Waals surface area (Å²) in [7, 11) is 0. The molecule has 2 aliphatic rings. The summed E-state index contributed by atoms with van der Waals surface area (Å²) in [6.07, 6.45) is 1.11. The van der Waals surface area contributed by atoms with E-state index in [2.05, 4.69) is 10.6 Å². The van der Waals surface area contributed by atoms with Crippen LogP contribution in [-0.4, -0.2) is 52.0 Å². The molecule has 0 saturated heterocycles. The van der Waals surface area contributed by atoms with Crippen LogP contribution in [0.25, 0.3) is 0 Å². The third-order valence-electron chi connectivity index (χ3n) is 7.04. The van der Waals surface area contributed by atoms with Crippen LogP contribution < -0.4 is 15.5 Å². The summed E-state index contributed by atoms with van der Waals surface area (Å²) in [5.74, 6) is -2.51. The molecule has 2 aliphatic heterocycles. The number of hydrogen-bond donors (Lipinski definition) is 4. The van der Waals surface area contributed by atoms with Crippen molar-refractivity contribution in [3.05, 3.63) is 95.1 Å². The van der Waals surface area contributed by atoms with Crippen LogP contribution in [0.2, 0.25) is 0 Å². The van der Waals surface area contributed by atoms with Crippen molar-refractivity contribution in [2.24, 2.45) is 0 Å². The SMILES string of the molecule is O=C(N[C@@H](Cc1ccc(O)cc1)C(=O)N[C@H]1CCc2cccc3c2N(C1=O)[C@H](C(=O)O)C3)c1ccccc1. The number of carbonyl (C=O) groups excluding carboxylic acids is 3. The second-order valence-electron chi connectivity index (χ2n) is 9.55. The first-order valence-corrected chi connectivity index (χ1v) is 12.4. The van der Waals surface area contributed by atoms with Gasteiger partial charge in [-0.25, -0.2) is 4.79 Å². The van der Waals surface area contributed by atoms with E-state index in [9.17, 15) is 29.4 Å². The second kappa shape index (κ2) is 10.4. The number of carboxylic acids is 1. The number of nitrogens with zero attached hydrogens (tertiary/aromatic N) is 1. The highest BCUT2D eigenvalue weighted by Crippen LogP contribution is 2.39. The number of hydrogen-bond acceptors (Lipinski definition) is 5. The van der Waals surface area contributed by atoms with Crippen LogP contribution in [-0.2, 0) is 33.6 Å². The Labute approximate surface area is 219 Å². The van der Waals surface area contributed by atoms with Gasteiger partial charge in [0.1, 0.15) is 23.9 Å². The van der Waals surface area contributed by atoms with Gasteiger partial charge >= 0.3 is 5.97 Å². The van der Waals surface area contributed by atoms with E-state index in [1.807, 2.05) is 18.2 Å². The molecule has 4 N–H and O–H groups in total. The minimum Gasteiger partial charge on any atom is -0.508 e. The Kier molecular flexibility index (Phi) is 6.83. The normalized spacial score (nSPS) is 18.7. The number of phenolic OH excluding ortho intramolecular Hbond substituents is 1. The quantitative estimate of drug-likeness (QED) is 0.383. The average Bonchev–Trinajstić information content (AvgIpc) is 3.26. The number of anilines is 1. The van der Waals surface area contributed by atoms with Crippen LogP contribution in [0.1, 0.15) is 33.5 Å². The van der Waals surface area contributed by atoms with E-state index in [-0.39, 0.29) is 18.6 Å². The summed E-state index contributed by atoms with van der Waals surface area (Å²) >= 11 is 0. The number of phenols is 1. The van der Waals surface area contributed by atoms with Crippen molar-refractivity contribution in [1.29, 1.82) is 0 Å². The van der Waals surface area contributed by atoms with Crippen molar-refractivity contribution >= 4 is 29.4 Å². The summed E-state index contributed by atoms with van der Waals surface area (Å²) in [5.41, 5.74) is 3.38. The highest BCUT2D eigenvalue weighted by Gasteiger charge is 2.44. The Morgan fingerprint density at radius 2 is 1.66 bits per heavy atom. The zero-order chi connectivity index (χ0) is 26.8. The Morgan fingerprint density at radius 3 is 2.37 bits per heavy atom. The topological polar surface area (TPSA) is 136 Å². The van der Waals surface area contributed by atoms with Gasteiger partial charge in [0.25, 0.3) is 5.91 Å². The van der Waals surface area contributed by atoms with E-state index in [4.69, 9.17) is 0 Å². The lowest BCUT2D eigenvalue weighted by Gasteiger charge is -2.27. The molecule has 0 unspecified atom stereocenters. The number of carboxylic acid groups (broad SMARTS) is 1. The molecule has 2 heterocycles. The number of aromatic hydroxyl groups is 1. The standard InChI is InChI=1S/C29H27N3O6/c33-21-12-9-17(10-13-21)15-23(31-26(34)19-5-2-1-3-6-19)27(35)30-22-14-11-18-7-4-8-20-16-24(29(37)38)32(25(18)20)28(22)36/h1-10,12-13,22-24,33H,11,14-16H2,(H,30,35)(H,31,34)(H,37,38)/t22-,23-,24-/m0/s1. The van der Waals surface area contributed by atoms with Crippen molar-refractivity contribution in [2.45, 2.75) is 43.8 Å². The molecule has 38 heavy (non-hydrogen) atoms. The third-order valence-corrected chi connectivity index (χ3v) is 7.04. The van der Waals surface area contributed by atoms with Crippen molar-refractivity contribution in [3.8, 4) is 5.75 Å². The van der Waals surface area contributed by atoms with Crippen LogP contribution in [0.4, 0.5) is 5.69 Å². The number of benzene rings is 3. The van der Waals surface area contributed by atoms with Gasteiger partial charge in [0.05, 0.1) is 5.69 Å². The molecule has 194 valence electrons. The largest absolute Gasteiger partial charge is 0.508 e. The fraction of sp³-hybridized carbons (Fsp3) is 0.241. The minimum absolute atomic E-state index is 0.0738. The van der Waals surface area contributed by atoms with Crippen molar-refractivity contribution in [3.63, 3.8) is 0 Å². The van der Waals surface area contributed by atoms with Crippen molar-refractivity contribution in [1.82, 2.24) is 10.6 Å². The van der Waals surface area contributed by atoms with Gasteiger partial charge in [-0.05, 0) is 53.8 Å². The van der Waals surface area contributed by atoms with Gasteiger partial charge < -0.3 is 20.8 Å². The summed E-state index contributed by atoms with van der Waals surface area (Å²) in [4.78, 5) is 53.4. The maximum absolute atomic E-state index is 13.6.